The number of rotatable bonds is 5. The minimum absolute atomic E-state index is 0.0820. The summed E-state index contributed by atoms with van der Waals surface area (Å²) >= 11 is 0. The number of ketones is 3. The normalized spacial score (nSPS) is 29.8. The van der Waals surface area contributed by atoms with Crippen LogP contribution in [0.4, 0.5) is 0 Å². The number of allylic oxidation sites excluding steroid dienone is 1. The minimum Gasteiger partial charge on any atom is -0.508 e. The molecule has 1 unspecified atom stereocenters. The highest BCUT2D eigenvalue weighted by Gasteiger charge is 2.72. The fourth-order valence-electron chi connectivity index (χ4n) is 7.94. The smallest absolute Gasteiger partial charge is 0.203 e. The summed E-state index contributed by atoms with van der Waals surface area (Å²) in [5.74, 6) is -5.16. The number of aliphatic hydroxyl groups excluding tert-OH is 2. The Morgan fingerprint density at radius 1 is 1.00 bits per heavy atom. The van der Waals surface area contributed by atoms with Crippen LogP contribution in [0.5, 0.6) is 5.75 Å². The molecular formula is C33H36O7. The number of phenolic OH excluding ortho intramolecular Hbond substituents is 1. The number of Topliss-reactive ketones (excluding diaryl/α,β-unsaturated/α-hetero) is 3. The van der Waals surface area contributed by atoms with E-state index in [1.807, 2.05) is 43.3 Å². The van der Waals surface area contributed by atoms with Crippen LogP contribution >= 0.6 is 0 Å². The molecule has 0 aliphatic heterocycles. The molecule has 0 radical (unpaired) electrons. The van der Waals surface area contributed by atoms with Gasteiger partial charge in [0.25, 0.3) is 0 Å². The van der Waals surface area contributed by atoms with Crippen molar-refractivity contribution in [3.8, 4) is 5.75 Å². The summed E-state index contributed by atoms with van der Waals surface area (Å²) in [6.45, 7) is 8.14. The molecule has 40 heavy (non-hydrogen) atoms. The summed E-state index contributed by atoms with van der Waals surface area (Å²) in [4.78, 5) is 40.4. The molecule has 2 aromatic carbocycles. The third-order valence-corrected chi connectivity index (χ3v) is 9.51. The molecule has 0 amide bonds. The number of hydrogen-bond donors (Lipinski definition) is 4. The van der Waals surface area contributed by atoms with Crippen molar-refractivity contribution >= 4 is 23.1 Å². The summed E-state index contributed by atoms with van der Waals surface area (Å²) in [5, 5.41) is 45.8. The van der Waals surface area contributed by atoms with Crippen molar-refractivity contribution in [2.24, 2.45) is 22.7 Å². The lowest BCUT2D eigenvalue weighted by Gasteiger charge is -2.59. The number of carbonyl (C=O) groups excluding carboxylic acids is 3. The highest BCUT2D eigenvalue weighted by molar-refractivity contribution is 6.24. The lowest BCUT2D eigenvalue weighted by atomic mass is 9.43. The number of carbonyl (C=O) groups is 3. The van der Waals surface area contributed by atoms with Gasteiger partial charge < -0.3 is 20.4 Å². The number of aryl methyl sites for hydroxylation is 2. The van der Waals surface area contributed by atoms with Crippen LogP contribution in [0.2, 0.25) is 0 Å². The topological polar surface area (TPSA) is 132 Å². The predicted molar refractivity (Wildman–Crippen MR) is 150 cm³/mol. The standard InChI is InChI=1S/C33H36O7/c1-17(2)25-27(36)23(18(3)34)29(38)33(40)30(39)26-28(37)24-21(15-31(26,4)16-32(25,33)5)20(13-14-22(24)35)12-11-19-9-7-6-8-10-19/h6-10,13-14,17,25,35,37-38,40H,11-12,15-16H2,1-5H3/t25?,31-,32-,33+/m1/s1. The zero-order valence-electron chi connectivity index (χ0n) is 23.5. The summed E-state index contributed by atoms with van der Waals surface area (Å²) < 4.78 is 0. The molecular weight excluding hydrogens is 508 g/mol. The van der Waals surface area contributed by atoms with E-state index < -0.39 is 56.8 Å². The fourth-order valence-corrected chi connectivity index (χ4v) is 7.94. The van der Waals surface area contributed by atoms with Crippen molar-refractivity contribution in [3.63, 3.8) is 0 Å². The van der Waals surface area contributed by atoms with E-state index in [1.54, 1.807) is 20.8 Å². The predicted octanol–water partition coefficient (Wildman–Crippen LogP) is 4.98. The van der Waals surface area contributed by atoms with Gasteiger partial charge in [-0.05, 0) is 61.3 Å². The second kappa shape index (κ2) is 9.16. The van der Waals surface area contributed by atoms with Crippen molar-refractivity contribution in [1.82, 2.24) is 0 Å². The van der Waals surface area contributed by atoms with Gasteiger partial charge in [0.1, 0.15) is 22.8 Å². The number of aromatic hydroxyl groups is 1. The van der Waals surface area contributed by atoms with Gasteiger partial charge in [0.05, 0.1) is 5.56 Å². The van der Waals surface area contributed by atoms with E-state index in [9.17, 15) is 34.8 Å². The second-order valence-corrected chi connectivity index (χ2v) is 12.5. The molecule has 2 aromatic rings. The molecule has 0 spiro atoms. The van der Waals surface area contributed by atoms with Crippen molar-refractivity contribution in [2.45, 2.75) is 65.9 Å². The van der Waals surface area contributed by atoms with Crippen LogP contribution in [0.3, 0.4) is 0 Å². The third-order valence-electron chi connectivity index (χ3n) is 9.51. The monoisotopic (exact) mass is 544 g/mol. The molecule has 5 rings (SSSR count). The van der Waals surface area contributed by atoms with Crippen molar-refractivity contribution < 1.29 is 34.8 Å². The van der Waals surface area contributed by atoms with E-state index in [-0.39, 0.29) is 35.6 Å². The van der Waals surface area contributed by atoms with Crippen molar-refractivity contribution in [3.05, 3.63) is 81.6 Å². The number of phenols is 1. The zero-order chi connectivity index (χ0) is 29.4. The second-order valence-electron chi connectivity index (χ2n) is 12.5. The van der Waals surface area contributed by atoms with Gasteiger partial charge in [-0.2, -0.15) is 0 Å². The van der Waals surface area contributed by atoms with Gasteiger partial charge in [-0.3, -0.25) is 14.4 Å². The summed E-state index contributed by atoms with van der Waals surface area (Å²) in [7, 11) is 0. The quantitative estimate of drug-likeness (QED) is 0.391. The SMILES string of the molecule is CC(=O)C1=C(O)[C@]2(O)C(=O)C3=C(O)c4c(O)ccc(CCc5ccccc5)c4C[C@]3(C)C[C@]2(C)C(C(C)C)C1=O. The van der Waals surface area contributed by atoms with Gasteiger partial charge in [0.15, 0.2) is 17.2 Å². The maximum absolute atomic E-state index is 14.3. The first kappa shape index (κ1) is 27.8. The molecule has 210 valence electrons. The van der Waals surface area contributed by atoms with Gasteiger partial charge in [0.2, 0.25) is 5.78 Å². The average Bonchev–Trinajstić information content (AvgIpc) is 2.86. The number of aliphatic hydroxyl groups is 3. The fraction of sp³-hybridized carbons (Fsp3) is 0.424. The van der Waals surface area contributed by atoms with E-state index in [1.165, 1.54) is 6.07 Å². The number of benzene rings is 2. The van der Waals surface area contributed by atoms with E-state index in [2.05, 4.69) is 0 Å². The van der Waals surface area contributed by atoms with Crippen LogP contribution in [-0.4, -0.2) is 43.4 Å². The number of hydrogen-bond acceptors (Lipinski definition) is 7. The Labute approximate surface area is 233 Å². The van der Waals surface area contributed by atoms with Gasteiger partial charge >= 0.3 is 0 Å². The van der Waals surface area contributed by atoms with Crippen LogP contribution < -0.4 is 0 Å². The third kappa shape index (κ3) is 3.63. The van der Waals surface area contributed by atoms with Gasteiger partial charge in [-0.1, -0.05) is 64.1 Å². The Morgan fingerprint density at radius 3 is 2.25 bits per heavy atom. The van der Waals surface area contributed by atoms with E-state index in [4.69, 9.17) is 0 Å². The lowest BCUT2D eigenvalue weighted by Crippen LogP contribution is -2.69. The Morgan fingerprint density at radius 2 is 1.65 bits per heavy atom. The highest BCUT2D eigenvalue weighted by Crippen LogP contribution is 2.65. The first-order valence-electron chi connectivity index (χ1n) is 13.8. The molecule has 1 fully saturated rings. The van der Waals surface area contributed by atoms with E-state index >= 15 is 0 Å². The van der Waals surface area contributed by atoms with Gasteiger partial charge in [0, 0.05) is 22.3 Å². The minimum atomic E-state index is -2.60. The van der Waals surface area contributed by atoms with E-state index in [0.29, 0.717) is 12.0 Å². The van der Waals surface area contributed by atoms with Crippen molar-refractivity contribution in [1.29, 1.82) is 0 Å². The van der Waals surface area contributed by atoms with Crippen LogP contribution in [-0.2, 0) is 33.6 Å². The number of fused-ring (bicyclic) bond motifs is 3. The molecule has 3 aliphatic rings. The molecule has 1 saturated carbocycles. The Balaban J connectivity index is 1.72. The largest absolute Gasteiger partial charge is 0.508 e. The van der Waals surface area contributed by atoms with Gasteiger partial charge in [-0.25, -0.2) is 0 Å². The molecule has 0 heterocycles. The first-order valence-corrected chi connectivity index (χ1v) is 13.8. The molecule has 4 N–H and O–H groups in total. The molecule has 7 nitrogen and oxygen atoms in total. The Kier molecular flexibility index (Phi) is 6.38. The first-order chi connectivity index (χ1) is 18.7. The maximum Gasteiger partial charge on any atom is 0.203 e. The average molecular weight is 545 g/mol. The Hall–Kier alpha value is -3.71. The summed E-state index contributed by atoms with van der Waals surface area (Å²) in [6, 6.07) is 13.3. The zero-order valence-corrected chi connectivity index (χ0v) is 23.5. The molecule has 3 aliphatic carbocycles. The van der Waals surface area contributed by atoms with Crippen LogP contribution in [0.15, 0.2) is 59.4 Å². The van der Waals surface area contributed by atoms with Crippen LogP contribution in [0, 0.1) is 22.7 Å². The molecule has 7 heteroatoms. The molecule has 0 bridgehead atoms. The molecule has 0 saturated heterocycles. The summed E-state index contributed by atoms with van der Waals surface area (Å²) in [6.07, 6.45) is 1.73. The Bertz CT molecular complexity index is 1510. The van der Waals surface area contributed by atoms with Crippen molar-refractivity contribution in [2.75, 3.05) is 0 Å². The molecule has 0 aromatic heterocycles. The maximum atomic E-state index is 14.3. The highest BCUT2D eigenvalue weighted by atomic mass is 16.3. The lowest BCUT2D eigenvalue weighted by molar-refractivity contribution is -0.178. The van der Waals surface area contributed by atoms with Crippen LogP contribution in [0.25, 0.3) is 5.76 Å². The summed E-state index contributed by atoms with van der Waals surface area (Å²) in [5.41, 5.74) is -2.85. The van der Waals surface area contributed by atoms with E-state index in [0.717, 1.165) is 24.5 Å². The van der Waals surface area contributed by atoms with Gasteiger partial charge in [-0.15, -0.1) is 0 Å². The van der Waals surface area contributed by atoms with Crippen LogP contribution in [0.1, 0.15) is 63.3 Å². The molecule has 4 atom stereocenters.